The Balaban J connectivity index is 2.86. The summed E-state index contributed by atoms with van der Waals surface area (Å²) in [6.07, 6.45) is 0. The highest BCUT2D eigenvalue weighted by Gasteiger charge is 2.22. The average Bonchev–Trinajstić information content (AvgIpc) is 2.41. The number of hydrogen-bond donors (Lipinski definition) is 3. The largest absolute Gasteiger partial charge is 0.506 e. The number of para-hydroxylation sites is 1. The summed E-state index contributed by atoms with van der Waals surface area (Å²) in [7, 11) is 0. The maximum Gasteiger partial charge on any atom is 0.139 e. The molecule has 3 heteroatoms. The number of fused-ring (bicyclic) bond motifs is 1. The Morgan fingerprint density at radius 2 is 2.00 bits per heavy atom. The summed E-state index contributed by atoms with van der Waals surface area (Å²) in [6.45, 7) is 5.91. The van der Waals surface area contributed by atoms with Gasteiger partial charge in [0.15, 0.2) is 0 Å². The highest BCUT2D eigenvalue weighted by molar-refractivity contribution is 5.90. The molecule has 3 nitrogen and oxygen atoms in total. The third-order valence-electron chi connectivity index (χ3n) is 2.64. The zero-order chi connectivity index (χ0) is 11.2. The number of aromatic hydroxyl groups is 1. The molecule has 0 spiro atoms. The first kappa shape index (κ1) is 10.1. The van der Waals surface area contributed by atoms with Crippen molar-refractivity contribution in [1.82, 2.24) is 4.98 Å². The molecule has 0 fully saturated rings. The Hall–Kier alpha value is -1.48. The van der Waals surface area contributed by atoms with Gasteiger partial charge in [0.25, 0.3) is 0 Å². The van der Waals surface area contributed by atoms with Crippen LogP contribution in [0.25, 0.3) is 10.9 Å². The Morgan fingerprint density at radius 1 is 1.33 bits per heavy atom. The van der Waals surface area contributed by atoms with Crippen LogP contribution < -0.4 is 5.73 Å². The molecule has 0 aliphatic carbocycles. The fourth-order valence-corrected chi connectivity index (χ4v) is 2.16. The van der Waals surface area contributed by atoms with Crippen LogP contribution in [0, 0.1) is 6.92 Å². The molecule has 2 aromatic rings. The smallest absolute Gasteiger partial charge is 0.139 e. The molecule has 0 aliphatic heterocycles. The quantitative estimate of drug-likeness (QED) is 0.667. The normalized spacial score (nSPS) is 12.3. The number of benzene rings is 1. The Morgan fingerprint density at radius 3 is 2.60 bits per heavy atom. The average molecular weight is 204 g/mol. The number of aryl methyl sites for hydroxylation is 1. The molecule has 1 aromatic heterocycles. The van der Waals surface area contributed by atoms with E-state index in [1.807, 2.05) is 32.9 Å². The van der Waals surface area contributed by atoms with Crippen molar-refractivity contribution in [3.8, 4) is 5.75 Å². The summed E-state index contributed by atoms with van der Waals surface area (Å²) in [6, 6.07) is 5.48. The molecule has 1 heterocycles. The molecule has 2 rings (SSSR count). The van der Waals surface area contributed by atoms with Crippen LogP contribution in [0.15, 0.2) is 18.2 Å². The number of nitrogens with one attached hydrogen (secondary N) is 1. The van der Waals surface area contributed by atoms with E-state index >= 15 is 0 Å². The molecule has 4 N–H and O–H groups in total. The zero-order valence-corrected chi connectivity index (χ0v) is 9.26. The first-order valence-electron chi connectivity index (χ1n) is 5.01. The van der Waals surface area contributed by atoms with E-state index in [-0.39, 0.29) is 5.75 Å². The van der Waals surface area contributed by atoms with Crippen molar-refractivity contribution in [3.63, 3.8) is 0 Å². The summed E-state index contributed by atoms with van der Waals surface area (Å²) in [4.78, 5) is 3.17. The number of rotatable bonds is 1. The van der Waals surface area contributed by atoms with Gasteiger partial charge in [-0.2, -0.15) is 0 Å². The van der Waals surface area contributed by atoms with Crippen LogP contribution in [0.2, 0.25) is 0 Å². The van der Waals surface area contributed by atoms with Crippen molar-refractivity contribution in [2.75, 3.05) is 0 Å². The number of nitrogens with two attached hydrogens (primary N) is 1. The zero-order valence-electron chi connectivity index (χ0n) is 9.26. The summed E-state index contributed by atoms with van der Waals surface area (Å²) in [5.74, 6) is 0.270. The molecule has 80 valence electrons. The minimum absolute atomic E-state index is 0.270. The third-order valence-corrected chi connectivity index (χ3v) is 2.64. The molecule has 1 aromatic carbocycles. The van der Waals surface area contributed by atoms with Gasteiger partial charge < -0.3 is 15.8 Å². The lowest BCUT2D eigenvalue weighted by Gasteiger charge is -2.19. The van der Waals surface area contributed by atoms with E-state index in [0.29, 0.717) is 0 Å². The summed E-state index contributed by atoms with van der Waals surface area (Å²) >= 11 is 0. The van der Waals surface area contributed by atoms with Gasteiger partial charge in [-0.1, -0.05) is 12.1 Å². The van der Waals surface area contributed by atoms with Crippen molar-refractivity contribution in [2.24, 2.45) is 5.73 Å². The maximum atomic E-state index is 9.70. The van der Waals surface area contributed by atoms with Gasteiger partial charge >= 0.3 is 0 Å². The van der Waals surface area contributed by atoms with E-state index in [1.54, 1.807) is 6.07 Å². The van der Waals surface area contributed by atoms with Gasteiger partial charge in [0.1, 0.15) is 5.75 Å². The van der Waals surface area contributed by atoms with Crippen molar-refractivity contribution < 1.29 is 5.11 Å². The SMILES string of the molecule is Cc1[nH]c2c(O)cccc2c1C(C)(C)N. The minimum atomic E-state index is -0.407. The monoisotopic (exact) mass is 204 g/mol. The standard InChI is InChI=1S/C12H16N2O/c1-7-10(12(2,3)13)8-5-4-6-9(15)11(8)14-7/h4-6,14-15H,13H2,1-3H3. The van der Waals surface area contributed by atoms with Crippen molar-refractivity contribution in [3.05, 3.63) is 29.5 Å². The molecule has 0 aliphatic rings. The molecule has 0 unspecified atom stereocenters. The predicted molar refractivity (Wildman–Crippen MR) is 61.9 cm³/mol. The van der Waals surface area contributed by atoms with Crippen LogP contribution in [0.1, 0.15) is 25.1 Å². The van der Waals surface area contributed by atoms with E-state index in [9.17, 15) is 5.11 Å². The van der Waals surface area contributed by atoms with E-state index in [0.717, 1.165) is 22.2 Å². The molecule has 0 bridgehead atoms. The highest BCUT2D eigenvalue weighted by atomic mass is 16.3. The summed E-state index contributed by atoms with van der Waals surface area (Å²) in [5.41, 5.74) is 8.55. The van der Waals surface area contributed by atoms with Crippen LogP contribution in [0.4, 0.5) is 0 Å². The van der Waals surface area contributed by atoms with Gasteiger partial charge in [0, 0.05) is 16.6 Å². The molecule has 0 radical (unpaired) electrons. The lowest BCUT2D eigenvalue weighted by atomic mass is 9.93. The van der Waals surface area contributed by atoms with Gasteiger partial charge in [-0.25, -0.2) is 0 Å². The highest BCUT2D eigenvalue weighted by Crippen LogP contribution is 2.33. The lowest BCUT2D eigenvalue weighted by molar-refractivity contribution is 0.480. The third kappa shape index (κ3) is 1.49. The molecule has 0 amide bonds. The topological polar surface area (TPSA) is 62.0 Å². The van der Waals surface area contributed by atoms with Gasteiger partial charge in [0.05, 0.1) is 5.52 Å². The molecule has 15 heavy (non-hydrogen) atoms. The first-order chi connectivity index (χ1) is 6.91. The number of H-pyrrole nitrogens is 1. The number of aromatic amines is 1. The second kappa shape index (κ2) is 3.00. The van der Waals surface area contributed by atoms with Gasteiger partial charge in [0.2, 0.25) is 0 Å². The fourth-order valence-electron chi connectivity index (χ4n) is 2.16. The van der Waals surface area contributed by atoms with Crippen molar-refractivity contribution in [1.29, 1.82) is 0 Å². The van der Waals surface area contributed by atoms with Crippen LogP contribution >= 0.6 is 0 Å². The van der Waals surface area contributed by atoms with Crippen LogP contribution in [0.5, 0.6) is 5.75 Å². The fraction of sp³-hybridized carbons (Fsp3) is 0.333. The number of hydrogen-bond acceptors (Lipinski definition) is 2. The molecule has 0 saturated heterocycles. The van der Waals surface area contributed by atoms with Gasteiger partial charge in [-0.3, -0.25) is 0 Å². The summed E-state index contributed by atoms with van der Waals surface area (Å²) < 4.78 is 0. The van der Waals surface area contributed by atoms with Gasteiger partial charge in [-0.15, -0.1) is 0 Å². The first-order valence-corrected chi connectivity index (χ1v) is 5.01. The molecule has 0 atom stereocenters. The Labute approximate surface area is 88.9 Å². The van der Waals surface area contributed by atoms with E-state index < -0.39 is 5.54 Å². The molecular formula is C12H16N2O. The van der Waals surface area contributed by atoms with Crippen LogP contribution in [-0.2, 0) is 5.54 Å². The number of phenolic OH excluding ortho intramolecular Hbond substituents is 1. The van der Waals surface area contributed by atoms with Crippen molar-refractivity contribution in [2.45, 2.75) is 26.3 Å². The Bertz CT molecular complexity index is 506. The maximum absolute atomic E-state index is 9.70. The predicted octanol–water partition coefficient (Wildman–Crippen LogP) is 2.38. The van der Waals surface area contributed by atoms with Crippen LogP contribution in [-0.4, -0.2) is 10.1 Å². The number of phenols is 1. The minimum Gasteiger partial charge on any atom is -0.506 e. The van der Waals surface area contributed by atoms with E-state index in [1.165, 1.54) is 0 Å². The Kier molecular flexibility index (Phi) is 2.01. The molecular weight excluding hydrogens is 188 g/mol. The van der Waals surface area contributed by atoms with Crippen molar-refractivity contribution >= 4 is 10.9 Å². The molecule has 0 saturated carbocycles. The lowest BCUT2D eigenvalue weighted by Crippen LogP contribution is -2.29. The van der Waals surface area contributed by atoms with E-state index in [2.05, 4.69) is 4.98 Å². The second-order valence-corrected chi connectivity index (χ2v) is 4.55. The van der Waals surface area contributed by atoms with Crippen LogP contribution in [0.3, 0.4) is 0 Å². The second-order valence-electron chi connectivity index (χ2n) is 4.55. The van der Waals surface area contributed by atoms with E-state index in [4.69, 9.17) is 5.73 Å². The summed E-state index contributed by atoms with van der Waals surface area (Å²) in [5, 5.41) is 10.7. The number of aromatic nitrogens is 1. The van der Waals surface area contributed by atoms with Gasteiger partial charge in [-0.05, 0) is 32.4 Å².